The third-order valence-electron chi connectivity index (χ3n) is 5.64. The molecule has 0 saturated heterocycles. The Hall–Kier alpha value is -4.17. The molecule has 0 unspecified atom stereocenters. The van der Waals surface area contributed by atoms with Gasteiger partial charge >= 0.3 is 0 Å². The standard InChI is InChI=1S/C28H27N3O4S/c1-21(31(36(2,33)34)25-12-4-3-5-13-25)28(32)30-29-19-22-15-17-26(18-16-22)35-20-24-11-8-10-23-9-6-7-14-27(23)24/h3-19,21H,20H2,1-2H3,(H,30,32)/b29-19-/t21-/m0/s1. The minimum absolute atomic E-state index is 0.408. The lowest BCUT2D eigenvalue weighted by Crippen LogP contribution is -2.46. The molecule has 0 aliphatic heterocycles. The van der Waals surface area contributed by atoms with E-state index in [0.717, 1.165) is 27.1 Å². The molecule has 0 fully saturated rings. The molecular weight excluding hydrogens is 474 g/mol. The molecule has 0 aromatic heterocycles. The number of para-hydroxylation sites is 1. The fraction of sp³-hybridized carbons (Fsp3) is 0.143. The van der Waals surface area contributed by atoms with Crippen molar-refractivity contribution >= 4 is 38.6 Å². The first-order chi connectivity index (χ1) is 17.3. The summed E-state index contributed by atoms with van der Waals surface area (Å²) in [6.45, 7) is 1.96. The Morgan fingerprint density at radius 3 is 2.33 bits per heavy atom. The van der Waals surface area contributed by atoms with E-state index in [1.807, 2.05) is 42.5 Å². The fourth-order valence-corrected chi connectivity index (χ4v) is 5.05. The van der Waals surface area contributed by atoms with E-state index < -0.39 is 22.0 Å². The van der Waals surface area contributed by atoms with Crippen LogP contribution in [0.3, 0.4) is 0 Å². The van der Waals surface area contributed by atoms with E-state index in [1.165, 1.54) is 18.5 Å². The van der Waals surface area contributed by atoms with Crippen LogP contribution >= 0.6 is 0 Å². The predicted molar refractivity (Wildman–Crippen MR) is 144 cm³/mol. The van der Waals surface area contributed by atoms with Crippen LogP contribution in [0.4, 0.5) is 5.69 Å². The number of carbonyl (C=O) groups excluding carboxylic acids is 1. The van der Waals surface area contributed by atoms with Crippen molar-refractivity contribution in [2.24, 2.45) is 5.10 Å². The minimum atomic E-state index is -3.68. The van der Waals surface area contributed by atoms with Crippen molar-refractivity contribution in [2.45, 2.75) is 19.6 Å². The maximum Gasteiger partial charge on any atom is 0.263 e. The Balaban J connectivity index is 1.35. The Labute approximate surface area is 211 Å². The number of nitrogens with one attached hydrogen (secondary N) is 1. The van der Waals surface area contributed by atoms with Crippen LogP contribution in [-0.2, 0) is 21.4 Å². The van der Waals surface area contributed by atoms with Crippen LogP contribution in [0.2, 0.25) is 0 Å². The number of anilines is 1. The van der Waals surface area contributed by atoms with Gasteiger partial charge in [0.2, 0.25) is 10.0 Å². The lowest BCUT2D eigenvalue weighted by molar-refractivity contribution is -0.121. The van der Waals surface area contributed by atoms with Gasteiger partial charge < -0.3 is 4.74 Å². The molecule has 7 nitrogen and oxygen atoms in total. The second kappa shape index (κ2) is 11.0. The molecule has 4 rings (SSSR count). The highest BCUT2D eigenvalue weighted by Crippen LogP contribution is 2.22. The number of carbonyl (C=O) groups is 1. The summed E-state index contributed by atoms with van der Waals surface area (Å²) in [4.78, 5) is 12.6. The average Bonchev–Trinajstić information content (AvgIpc) is 2.88. The van der Waals surface area contributed by atoms with Crippen LogP contribution in [0.25, 0.3) is 10.8 Å². The first-order valence-electron chi connectivity index (χ1n) is 11.4. The number of hydrogen-bond acceptors (Lipinski definition) is 5. The molecule has 8 heteroatoms. The Bertz CT molecular complexity index is 1460. The summed E-state index contributed by atoms with van der Waals surface area (Å²) >= 11 is 0. The van der Waals surface area contributed by atoms with E-state index in [9.17, 15) is 13.2 Å². The van der Waals surface area contributed by atoms with Gasteiger partial charge in [-0.3, -0.25) is 9.10 Å². The van der Waals surface area contributed by atoms with Gasteiger partial charge in [0.1, 0.15) is 18.4 Å². The van der Waals surface area contributed by atoms with Crippen molar-refractivity contribution in [1.29, 1.82) is 0 Å². The SMILES string of the molecule is C[C@@H](C(=O)N/N=C\c1ccc(OCc2cccc3ccccc23)cc1)N(c1ccccc1)S(C)(=O)=O. The summed E-state index contributed by atoms with van der Waals surface area (Å²) in [6, 6.07) is 29.1. The number of amides is 1. The van der Waals surface area contributed by atoms with E-state index in [0.29, 0.717) is 18.0 Å². The first-order valence-corrected chi connectivity index (χ1v) is 13.2. The number of fused-ring (bicyclic) bond motifs is 1. The van der Waals surface area contributed by atoms with E-state index in [1.54, 1.807) is 30.3 Å². The lowest BCUT2D eigenvalue weighted by atomic mass is 10.1. The number of benzene rings is 4. The molecule has 1 N–H and O–H groups in total. The van der Waals surface area contributed by atoms with E-state index in [2.05, 4.69) is 34.8 Å². The van der Waals surface area contributed by atoms with Gasteiger partial charge in [0.25, 0.3) is 5.91 Å². The average molecular weight is 502 g/mol. The van der Waals surface area contributed by atoms with Gasteiger partial charge in [-0.15, -0.1) is 0 Å². The Kier molecular flexibility index (Phi) is 7.65. The van der Waals surface area contributed by atoms with Crippen LogP contribution in [0, 0.1) is 0 Å². The van der Waals surface area contributed by atoms with Gasteiger partial charge in [-0.25, -0.2) is 13.8 Å². The predicted octanol–water partition coefficient (Wildman–Crippen LogP) is 4.72. The number of sulfonamides is 1. The molecular formula is C28H27N3O4S. The van der Waals surface area contributed by atoms with Gasteiger partial charge in [-0.05, 0) is 65.2 Å². The topological polar surface area (TPSA) is 88.1 Å². The van der Waals surface area contributed by atoms with Crippen molar-refractivity contribution in [2.75, 3.05) is 10.6 Å². The van der Waals surface area contributed by atoms with E-state index in [-0.39, 0.29) is 0 Å². The number of rotatable bonds is 9. The van der Waals surface area contributed by atoms with Crippen LogP contribution in [-0.4, -0.2) is 32.8 Å². The van der Waals surface area contributed by atoms with Crippen LogP contribution in [0.15, 0.2) is 102 Å². The maximum absolute atomic E-state index is 12.6. The van der Waals surface area contributed by atoms with Gasteiger partial charge in [0, 0.05) is 0 Å². The van der Waals surface area contributed by atoms with Crippen LogP contribution in [0.1, 0.15) is 18.1 Å². The molecule has 0 spiro atoms. The van der Waals surface area contributed by atoms with Gasteiger partial charge in [0.05, 0.1) is 18.2 Å². The summed E-state index contributed by atoms with van der Waals surface area (Å²) in [5.74, 6) is 0.167. The Morgan fingerprint density at radius 1 is 0.944 bits per heavy atom. The molecule has 4 aromatic rings. The third kappa shape index (κ3) is 6.09. The van der Waals surface area contributed by atoms with Gasteiger partial charge in [-0.2, -0.15) is 5.10 Å². The zero-order chi connectivity index (χ0) is 25.5. The first kappa shape index (κ1) is 24.9. The number of ether oxygens (including phenoxy) is 1. The Morgan fingerprint density at radius 2 is 1.61 bits per heavy atom. The third-order valence-corrected chi connectivity index (χ3v) is 6.88. The normalized spacial score (nSPS) is 12.4. The summed E-state index contributed by atoms with van der Waals surface area (Å²) in [5.41, 5.74) is 4.69. The highest BCUT2D eigenvalue weighted by Gasteiger charge is 2.28. The number of hydrazone groups is 1. The van der Waals surface area contributed by atoms with Crippen molar-refractivity contribution < 1.29 is 17.9 Å². The van der Waals surface area contributed by atoms with E-state index >= 15 is 0 Å². The molecule has 0 heterocycles. The second-order valence-electron chi connectivity index (χ2n) is 8.30. The summed E-state index contributed by atoms with van der Waals surface area (Å²) in [7, 11) is -3.68. The van der Waals surface area contributed by atoms with Crippen molar-refractivity contribution in [3.05, 3.63) is 108 Å². The molecule has 1 atom stereocenters. The molecule has 0 aliphatic rings. The molecule has 36 heavy (non-hydrogen) atoms. The molecule has 1 amide bonds. The largest absolute Gasteiger partial charge is 0.489 e. The number of hydrogen-bond donors (Lipinski definition) is 1. The van der Waals surface area contributed by atoms with Crippen LogP contribution in [0.5, 0.6) is 5.75 Å². The maximum atomic E-state index is 12.6. The quantitative estimate of drug-likeness (QED) is 0.265. The molecule has 184 valence electrons. The van der Waals surface area contributed by atoms with Gasteiger partial charge in [0.15, 0.2) is 0 Å². The second-order valence-corrected chi connectivity index (χ2v) is 10.2. The highest BCUT2D eigenvalue weighted by molar-refractivity contribution is 7.92. The number of nitrogens with zero attached hydrogens (tertiary/aromatic N) is 2. The molecule has 0 bridgehead atoms. The van der Waals surface area contributed by atoms with Crippen molar-refractivity contribution in [1.82, 2.24) is 5.43 Å². The summed E-state index contributed by atoms with van der Waals surface area (Å²) in [6.07, 6.45) is 2.56. The lowest BCUT2D eigenvalue weighted by Gasteiger charge is -2.27. The zero-order valence-electron chi connectivity index (χ0n) is 20.0. The smallest absolute Gasteiger partial charge is 0.263 e. The summed E-state index contributed by atoms with van der Waals surface area (Å²) < 4.78 is 31.6. The molecule has 0 radical (unpaired) electrons. The molecule has 0 saturated carbocycles. The molecule has 4 aromatic carbocycles. The highest BCUT2D eigenvalue weighted by atomic mass is 32.2. The van der Waals surface area contributed by atoms with E-state index in [4.69, 9.17) is 4.74 Å². The fourth-order valence-electron chi connectivity index (χ4n) is 3.88. The minimum Gasteiger partial charge on any atom is -0.489 e. The van der Waals surface area contributed by atoms with Gasteiger partial charge in [-0.1, -0.05) is 60.7 Å². The summed E-state index contributed by atoms with van der Waals surface area (Å²) in [5, 5.41) is 6.32. The monoisotopic (exact) mass is 501 g/mol. The van der Waals surface area contributed by atoms with Crippen molar-refractivity contribution in [3.63, 3.8) is 0 Å². The van der Waals surface area contributed by atoms with Crippen LogP contribution < -0.4 is 14.5 Å². The van der Waals surface area contributed by atoms with Crippen molar-refractivity contribution in [3.8, 4) is 5.75 Å². The molecule has 0 aliphatic carbocycles. The zero-order valence-corrected chi connectivity index (χ0v) is 20.9.